The molecular weight excluding hydrogens is 168 g/mol. The van der Waals surface area contributed by atoms with E-state index in [0.29, 0.717) is 26.2 Å². The molecule has 0 aliphatic heterocycles. The second-order valence-corrected chi connectivity index (χ2v) is 2.88. The number of carbonyl (C=O) groups is 1. The van der Waals surface area contributed by atoms with Crippen LogP contribution in [0.5, 0.6) is 0 Å². The summed E-state index contributed by atoms with van der Waals surface area (Å²) in [5.74, 6) is 0.0121. The highest BCUT2D eigenvalue weighted by atomic mass is 16.1. The van der Waals surface area contributed by atoms with Gasteiger partial charge in [0.05, 0.1) is 0 Å². The molecule has 0 heterocycles. The number of aldehydes is 1. The number of hydrogen-bond donors (Lipinski definition) is 4. The molecule has 0 aromatic rings. The number of carbonyl (C=O) groups excluding carboxylic acids is 1. The molecule has 0 aromatic heterocycles. The average Bonchev–Trinajstić information content (AvgIpc) is 2.16. The second-order valence-electron chi connectivity index (χ2n) is 2.88. The Morgan fingerprint density at radius 2 is 1.54 bits per heavy atom. The first-order chi connectivity index (χ1) is 6.35. The molecule has 0 bridgehead atoms. The molecule has 0 fully saturated rings. The molecule has 0 aliphatic rings. The van der Waals surface area contributed by atoms with E-state index >= 15 is 0 Å². The van der Waals surface area contributed by atoms with Crippen molar-refractivity contribution >= 4 is 6.29 Å². The van der Waals surface area contributed by atoms with Gasteiger partial charge in [-0.15, -0.1) is 0 Å². The maximum absolute atomic E-state index is 10.6. The summed E-state index contributed by atoms with van der Waals surface area (Å²) in [6, 6.07) is 0. The van der Waals surface area contributed by atoms with E-state index in [1.807, 2.05) is 0 Å². The quantitative estimate of drug-likeness (QED) is 0.246. The van der Waals surface area contributed by atoms with Crippen LogP contribution >= 0.6 is 0 Å². The third-order valence-corrected chi connectivity index (χ3v) is 1.65. The minimum absolute atomic E-state index is 0.0121. The molecule has 0 unspecified atom stereocenters. The van der Waals surface area contributed by atoms with Gasteiger partial charge >= 0.3 is 0 Å². The molecule has 0 aromatic carbocycles. The van der Waals surface area contributed by atoms with Crippen LogP contribution < -0.4 is 22.1 Å². The summed E-state index contributed by atoms with van der Waals surface area (Å²) in [5.41, 5.74) is 10.6. The van der Waals surface area contributed by atoms with Gasteiger partial charge in [0.25, 0.3) is 0 Å². The number of hydrogen-bond acceptors (Lipinski definition) is 5. The fraction of sp³-hybridized carbons (Fsp3) is 0.875. The molecule has 0 atom stereocenters. The molecule has 6 N–H and O–H groups in total. The zero-order valence-corrected chi connectivity index (χ0v) is 7.96. The first kappa shape index (κ1) is 12.5. The summed E-state index contributed by atoms with van der Waals surface area (Å²) in [7, 11) is 0. The van der Waals surface area contributed by atoms with Crippen LogP contribution in [0.15, 0.2) is 0 Å². The Balaban J connectivity index is 3.34. The Kier molecular flexibility index (Phi) is 9.24. The first-order valence-electron chi connectivity index (χ1n) is 4.62. The normalized spacial score (nSPS) is 10.7. The predicted molar refractivity (Wildman–Crippen MR) is 53.4 cm³/mol. The van der Waals surface area contributed by atoms with Crippen molar-refractivity contribution in [1.29, 1.82) is 0 Å². The van der Waals surface area contributed by atoms with Crippen LogP contribution in [0.3, 0.4) is 0 Å². The maximum Gasteiger partial charge on any atom is 0.125 e. The highest BCUT2D eigenvalue weighted by molar-refractivity contribution is 5.54. The Morgan fingerprint density at radius 3 is 1.85 bits per heavy atom. The van der Waals surface area contributed by atoms with E-state index in [2.05, 4.69) is 10.6 Å². The predicted octanol–water partition coefficient (Wildman–Crippen LogP) is -2.10. The smallest absolute Gasteiger partial charge is 0.125 e. The lowest BCUT2D eigenvalue weighted by molar-refractivity contribution is -0.110. The topological polar surface area (TPSA) is 93.2 Å². The van der Waals surface area contributed by atoms with Gasteiger partial charge in [-0.1, -0.05) is 0 Å². The van der Waals surface area contributed by atoms with Crippen molar-refractivity contribution in [3.63, 3.8) is 0 Å². The van der Waals surface area contributed by atoms with Crippen LogP contribution in [0.25, 0.3) is 0 Å². The molecular formula is C8H20N4O. The second kappa shape index (κ2) is 9.60. The van der Waals surface area contributed by atoms with Crippen molar-refractivity contribution in [3.8, 4) is 0 Å². The Hall–Kier alpha value is -0.490. The SMILES string of the molecule is NCCNCC(C=O)CNCCN. The summed E-state index contributed by atoms with van der Waals surface area (Å²) >= 11 is 0. The number of rotatable bonds is 9. The molecule has 0 spiro atoms. The fourth-order valence-corrected chi connectivity index (χ4v) is 0.947. The van der Waals surface area contributed by atoms with E-state index in [-0.39, 0.29) is 5.92 Å². The molecule has 0 saturated heterocycles. The zero-order chi connectivity index (χ0) is 9.94. The van der Waals surface area contributed by atoms with Crippen LogP contribution in [0.2, 0.25) is 0 Å². The molecule has 0 rings (SSSR count). The van der Waals surface area contributed by atoms with Crippen molar-refractivity contribution in [1.82, 2.24) is 10.6 Å². The van der Waals surface area contributed by atoms with Crippen LogP contribution in [0, 0.1) is 5.92 Å². The van der Waals surface area contributed by atoms with E-state index in [4.69, 9.17) is 11.5 Å². The van der Waals surface area contributed by atoms with E-state index in [1.54, 1.807) is 0 Å². The lowest BCUT2D eigenvalue weighted by Crippen LogP contribution is -2.35. The Labute approximate surface area is 79.2 Å². The van der Waals surface area contributed by atoms with Gasteiger partial charge in [-0.2, -0.15) is 0 Å². The molecule has 0 saturated carbocycles. The van der Waals surface area contributed by atoms with Crippen molar-refractivity contribution in [2.75, 3.05) is 39.3 Å². The maximum atomic E-state index is 10.6. The van der Waals surface area contributed by atoms with Crippen molar-refractivity contribution in [2.45, 2.75) is 0 Å². The minimum atomic E-state index is 0.0121. The largest absolute Gasteiger partial charge is 0.329 e. The van der Waals surface area contributed by atoms with Gasteiger partial charge in [0, 0.05) is 45.2 Å². The standard InChI is InChI=1S/C8H20N4O/c9-1-3-11-5-8(7-13)6-12-4-2-10/h7-8,11-12H,1-6,9-10H2. The number of nitrogens with two attached hydrogens (primary N) is 2. The monoisotopic (exact) mass is 188 g/mol. The summed E-state index contributed by atoms with van der Waals surface area (Å²) in [6.07, 6.45) is 0.951. The zero-order valence-electron chi connectivity index (χ0n) is 7.96. The molecule has 78 valence electrons. The van der Waals surface area contributed by atoms with Gasteiger partial charge < -0.3 is 26.9 Å². The van der Waals surface area contributed by atoms with E-state index in [0.717, 1.165) is 19.4 Å². The summed E-state index contributed by atoms with van der Waals surface area (Å²) in [6.45, 7) is 4.06. The highest BCUT2D eigenvalue weighted by Gasteiger charge is 2.04. The lowest BCUT2D eigenvalue weighted by Gasteiger charge is -2.11. The van der Waals surface area contributed by atoms with Gasteiger partial charge in [0.15, 0.2) is 0 Å². The van der Waals surface area contributed by atoms with E-state index < -0.39 is 0 Å². The van der Waals surface area contributed by atoms with Gasteiger partial charge in [0.2, 0.25) is 0 Å². The minimum Gasteiger partial charge on any atom is -0.329 e. The molecule has 0 radical (unpaired) electrons. The summed E-state index contributed by atoms with van der Waals surface area (Å²) in [5, 5.41) is 6.17. The molecule has 5 nitrogen and oxygen atoms in total. The lowest BCUT2D eigenvalue weighted by atomic mass is 10.1. The first-order valence-corrected chi connectivity index (χ1v) is 4.62. The van der Waals surface area contributed by atoms with Crippen LogP contribution in [-0.4, -0.2) is 45.6 Å². The van der Waals surface area contributed by atoms with E-state index in [9.17, 15) is 4.79 Å². The third kappa shape index (κ3) is 7.86. The molecule has 0 amide bonds. The Morgan fingerprint density at radius 1 is 1.08 bits per heavy atom. The molecule has 13 heavy (non-hydrogen) atoms. The average molecular weight is 188 g/mol. The highest BCUT2D eigenvalue weighted by Crippen LogP contribution is 1.85. The van der Waals surface area contributed by atoms with E-state index in [1.165, 1.54) is 0 Å². The van der Waals surface area contributed by atoms with Crippen LogP contribution in [0.1, 0.15) is 0 Å². The van der Waals surface area contributed by atoms with Gasteiger partial charge in [0.1, 0.15) is 6.29 Å². The summed E-state index contributed by atoms with van der Waals surface area (Å²) in [4.78, 5) is 10.6. The van der Waals surface area contributed by atoms with Gasteiger partial charge in [-0.25, -0.2) is 0 Å². The van der Waals surface area contributed by atoms with Crippen molar-refractivity contribution < 1.29 is 4.79 Å². The van der Waals surface area contributed by atoms with Gasteiger partial charge in [-0.05, 0) is 0 Å². The number of nitrogens with one attached hydrogen (secondary N) is 2. The van der Waals surface area contributed by atoms with Gasteiger partial charge in [-0.3, -0.25) is 0 Å². The molecule has 0 aliphatic carbocycles. The Bertz CT molecular complexity index is 111. The van der Waals surface area contributed by atoms with Crippen LogP contribution in [-0.2, 0) is 4.79 Å². The van der Waals surface area contributed by atoms with Crippen molar-refractivity contribution in [2.24, 2.45) is 17.4 Å². The third-order valence-electron chi connectivity index (χ3n) is 1.65. The summed E-state index contributed by atoms with van der Waals surface area (Å²) < 4.78 is 0. The van der Waals surface area contributed by atoms with Crippen molar-refractivity contribution in [3.05, 3.63) is 0 Å². The fourth-order valence-electron chi connectivity index (χ4n) is 0.947. The molecule has 5 heteroatoms. The van der Waals surface area contributed by atoms with Crippen LogP contribution in [0.4, 0.5) is 0 Å².